The summed E-state index contributed by atoms with van der Waals surface area (Å²) in [6, 6.07) is 6.64. The van der Waals surface area contributed by atoms with E-state index in [0.717, 1.165) is 0 Å². The number of aryl methyl sites for hydroxylation is 1. The topological polar surface area (TPSA) is 73.2 Å². The van der Waals surface area contributed by atoms with Gasteiger partial charge in [0.1, 0.15) is 0 Å². The first-order chi connectivity index (χ1) is 8.96. The van der Waals surface area contributed by atoms with Gasteiger partial charge in [-0.25, -0.2) is 8.42 Å². The van der Waals surface area contributed by atoms with Gasteiger partial charge in [0.15, 0.2) is 0 Å². The predicted octanol–water partition coefficient (Wildman–Crippen LogP) is 0.849. The first-order valence-electron chi connectivity index (χ1n) is 6.20. The smallest absolute Gasteiger partial charge is 0.243 e. The lowest BCUT2D eigenvalue weighted by atomic mass is 10.2. The normalized spacial score (nSPS) is 21.0. The number of nitrogens with zero attached hydrogens (tertiary/aromatic N) is 2. The Morgan fingerprint density at radius 2 is 2.21 bits per heavy atom. The third kappa shape index (κ3) is 2.63. The van der Waals surface area contributed by atoms with E-state index in [-0.39, 0.29) is 6.04 Å². The van der Waals surface area contributed by atoms with E-state index in [1.807, 2.05) is 13.0 Å². The zero-order chi connectivity index (χ0) is 14.0. The Morgan fingerprint density at radius 1 is 1.47 bits per heavy atom. The molecule has 1 fully saturated rings. The number of benzene rings is 1. The van der Waals surface area contributed by atoms with Gasteiger partial charge in [-0.1, -0.05) is 0 Å². The first-order valence-corrected chi connectivity index (χ1v) is 7.64. The maximum atomic E-state index is 12.6. The molecule has 0 unspecified atom stereocenters. The van der Waals surface area contributed by atoms with Crippen LogP contribution in [0, 0.1) is 18.3 Å². The molecule has 0 bridgehead atoms. The summed E-state index contributed by atoms with van der Waals surface area (Å²) in [5, 5.41) is 12.0. The van der Waals surface area contributed by atoms with Gasteiger partial charge in [0.05, 0.1) is 16.5 Å². The molecule has 1 aliphatic rings. The SMILES string of the molecule is Cc1cc(C#N)ccc1S(=O)(=O)N1CCNC[C@H]1C. The summed E-state index contributed by atoms with van der Waals surface area (Å²) in [6.07, 6.45) is 0. The monoisotopic (exact) mass is 279 g/mol. The highest BCUT2D eigenvalue weighted by Gasteiger charge is 2.31. The fourth-order valence-electron chi connectivity index (χ4n) is 2.31. The maximum Gasteiger partial charge on any atom is 0.243 e. The highest BCUT2D eigenvalue weighted by molar-refractivity contribution is 7.89. The maximum absolute atomic E-state index is 12.6. The van der Waals surface area contributed by atoms with Crippen LogP contribution in [0.15, 0.2) is 23.1 Å². The molecule has 19 heavy (non-hydrogen) atoms. The molecule has 0 aromatic heterocycles. The van der Waals surface area contributed by atoms with Crippen molar-refractivity contribution in [2.75, 3.05) is 19.6 Å². The molecule has 0 amide bonds. The Morgan fingerprint density at radius 3 is 2.79 bits per heavy atom. The van der Waals surface area contributed by atoms with Crippen molar-refractivity contribution in [3.63, 3.8) is 0 Å². The minimum atomic E-state index is -3.48. The highest BCUT2D eigenvalue weighted by Crippen LogP contribution is 2.23. The van der Waals surface area contributed by atoms with Gasteiger partial charge in [-0.15, -0.1) is 0 Å². The Bertz CT molecular complexity index is 619. The Labute approximate surface area is 113 Å². The molecule has 1 heterocycles. The van der Waals surface area contributed by atoms with Gasteiger partial charge < -0.3 is 5.32 Å². The van der Waals surface area contributed by atoms with Crippen LogP contribution in [0.4, 0.5) is 0 Å². The zero-order valence-electron chi connectivity index (χ0n) is 11.0. The Kier molecular flexibility index (Phi) is 3.90. The van der Waals surface area contributed by atoms with Gasteiger partial charge in [0, 0.05) is 25.7 Å². The minimum absolute atomic E-state index is 0.0613. The second kappa shape index (κ2) is 5.29. The summed E-state index contributed by atoms with van der Waals surface area (Å²) >= 11 is 0. The van der Waals surface area contributed by atoms with Crippen LogP contribution in [0.2, 0.25) is 0 Å². The average molecular weight is 279 g/mol. The van der Waals surface area contributed by atoms with Gasteiger partial charge in [0.25, 0.3) is 0 Å². The zero-order valence-corrected chi connectivity index (χ0v) is 11.9. The van der Waals surface area contributed by atoms with Crippen molar-refractivity contribution in [1.29, 1.82) is 5.26 Å². The van der Waals surface area contributed by atoms with Gasteiger partial charge in [-0.05, 0) is 37.6 Å². The van der Waals surface area contributed by atoms with E-state index in [0.29, 0.717) is 35.7 Å². The first kappa shape index (κ1) is 14.0. The van der Waals surface area contributed by atoms with E-state index in [4.69, 9.17) is 5.26 Å². The lowest BCUT2D eigenvalue weighted by molar-refractivity contribution is 0.283. The quantitative estimate of drug-likeness (QED) is 0.871. The van der Waals surface area contributed by atoms with E-state index < -0.39 is 10.0 Å². The van der Waals surface area contributed by atoms with Crippen molar-refractivity contribution >= 4 is 10.0 Å². The third-order valence-electron chi connectivity index (χ3n) is 3.33. The summed E-state index contributed by atoms with van der Waals surface area (Å²) in [7, 11) is -3.48. The molecule has 0 spiro atoms. The Hall–Kier alpha value is -1.42. The summed E-state index contributed by atoms with van der Waals surface area (Å²) < 4.78 is 26.8. The molecule has 1 N–H and O–H groups in total. The van der Waals surface area contributed by atoms with Crippen LogP contribution in [0.25, 0.3) is 0 Å². The van der Waals surface area contributed by atoms with Crippen LogP contribution in [-0.2, 0) is 10.0 Å². The summed E-state index contributed by atoms with van der Waals surface area (Å²) in [6.45, 7) is 5.42. The number of sulfonamides is 1. The third-order valence-corrected chi connectivity index (χ3v) is 5.50. The summed E-state index contributed by atoms with van der Waals surface area (Å²) in [4.78, 5) is 0.292. The van der Waals surface area contributed by atoms with Crippen molar-refractivity contribution in [3.8, 4) is 6.07 Å². The van der Waals surface area contributed by atoms with E-state index in [1.165, 1.54) is 10.4 Å². The number of nitriles is 1. The van der Waals surface area contributed by atoms with Crippen LogP contribution in [0.1, 0.15) is 18.1 Å². The second-order valence-corrected chi connectivity index (χ2v) is 6.62. The highest BCUT2D eigenvalue weighted by atomic mass is 32.2. The molecule has 2 rings (SSSR count). The molecule has 1 aliphatic heterocycles. The molecule has 0 radical (unpaired) electrons. The van der Waals surface area contributed by atoms with Crippen molar-refractivity contribution in [2.45, 2.75) is 24.8 Å². The van der Waals surface area contributed by atoms with E-state index in [2.05, 4.69) is 5.32 Å². The van der Waals surface area contributed by atoms with Gasteiger partial charge in [-0.3, -0.25) is 0 Å². The lowest BCUT2D eigenvalue weighted by Gasteiger charge is -2.33. The Balaban J connectivity index is 2.42. The van der Waals surface area contributed by atoms with E-state index in [1.54, 1.807) is 19.1 Å². The van der Waals surface area contributed by atoms with Gasteiger partial charge >= 0.3 is 0 Å². The van der Waals surface area contributed by atoms with Crippen LogP contribution < -0.4 is 5.32 Å². The summed E-state index contributed by atoms with van der Waals surface area (Å²) in [5.41, 5.74) is 1.09. The second-order valence-electron chi connectivity index (χ2n) is 4.76. The molecule has 0 aliphatic carbocycles. The number of piperazine rings is 1. The molecule has 5 nitrogen and oxygen atoms in total. The lowest BCUT2D eigenvalue weighted by Crippen LogP contribution is -2.52. The van der Waals surface area contributed by atoms with Crippen LogP contribution in [0.5, 0.6) is 0 Å². The molecule has 1 atom stereocenters. The largest absolute Gasteiger partial charge is 0.314 e. The predicted molar refractivity (Wildman–Crippen MR) is 72.1 cm³/mol. The van der Waals surface area contributed by atoms with Crippen molar-refractivity contribution in [3.05, 3.63) is 29.3 Å². The van der Waals surface area contributed by atoms with Gasteiger partial charge in [-0.2, -0.15) is 9.57 Å². The van der Waals surface area contributed by atoms with Crippen molar-refractivity contribution in [2.24, 2.45) is 0 Å². The van der Waals surface area contributed by atoms with Gasteiger partial charge in [0.2, 0.25) is 10.0 Å². The summed E-state index contributed by atoms with van der Waals surface area (Å²) in [5.74, 6) is 0. The van der Waals surface area contributed by atoms with Crippen LogP contribution in [0.3, 0.4) is 0 Å². The fourth-order valence-corrected chi connectivity index (χ4v) is 4.15. The number of nitrogens with one attached hydrogen (secondary N) is 1. The molecule has 6 heteroatoms. The standard InChI is InChI=1S/C13H17N3O2S/c1-10-7-12(8-14)3-4-13(10)19(17,18)16-6-5-15-9-11(16)2/h3-4,7,11,15H,5-6,9H2,1-2H3/t11-/m1/s1. The molecule has 1 saturated heterocycles. The molecule has 0 saturated carbocycles. The molecule has 1 aromatic rings. The molecular weight excluding hydrogens is 262 g/mol. The molecule has 1 aromatic carbocycles. The van der Waals surface area contributed by atoms with Crippen LogP contribution in [-0.4, -0.2) is 38.4 Å². The number of hydrogen-bond acceptors (Lipinski definition) is 4. The van der Waals surface area contributed by atoms with E-state index >= 15 is 0 Å². The van der Waals surface area contributed by atoms with Crippen molar-refractivity contribution in [1.82, 2.24) is 9.62 Å². The molecular formula is C13H17N3O2S. The van der Waals surface area contributed by atoms with E-state index in [9.17, 15) is 8.42 Å². The fraction of sp³-hybridized carbons (Fsp3) is 0.462. The average Bonchev–Trinajstić information content (AvgIpc) is 2.38. The van der Waals surface area contributed by atoms with Crippen molar-refractivity contribution < 1.29 is 8.42 Å². The van der Waals surface area contributed by atoms with Crippen LogP contribution >= 0.6 is 0 Å². The minimum Gasteiger partial charge on any atom is -0.314 e. The number of rotatable bonds is 2. The molecule has 102 valence electrons. The number of hydrogen-bond donors (Lipinski definition) is 1.